The van der Waals surface area contributed by atoms with Crippen LogP contribution in [-0.4, -0.2) is 62.2 Å². The third-order valence-corrected chi connectivity index (χ3v) is 12.3. The fraction of sp³-hybridized carbons (Fsp3) is 0.390. The highest BCUT2D eigenvalue weighted by atomic mass is 16.5. The van der Waals surface area contributed by atoms with Gasteiger partial charge in [-0.15, -0.1) is 0 Å². The SMILES string of the molecule is C.COC(=O)C[C@H](N)c1cncc(-c2c(C)cccc2C)c1.COC(=O)C[C@H](NC(=O)C(CC(C)C)n1ccc(C)cc1=O)c1cncc(-c2c(C)cccc2C)c1.Cc1ccn([C@@H](CC(C)C)C(=O)O)c(=O)c1. The monoisotopic (exact) mass is 1010 g/mol. The number of hydrogen-bond acceptors (Lipinski definition) is 11. The lowest BCUT2D eigenvalue weighted by Gasteiger charge is -2.25. The summed E-state index contributed by atoms with van der Waals surface area (Å²) in [5.74, 6) is -1.66. The molecule has 0 spiro atoms. The number of aliphatic carboxylic acids is 1. The van der Waals surface area contributed by atoms with E-state index in [0.29, 0.717) is 18.4 Å². The minimum atomic E-state index is -0.959. The van der Waals surface area contributed by atoms with Crippen LogP contribution in [0.5, 0.6) is 0 Å². The quantitative estimate of drug-likeness (QED) is 0.0728. The Hall–Kier alpha value is -7.52. The second-order valence-corrected chi connectivity index (χ2v) is 19.3. The van der Waals surface area contributed by atoms with Crippen molar-refractivity contribution in [2.24, 2.45) is 17.6 Å². The third kappa shape index (κ3) is 17.3. The maximum absolute atomic E-state index is 13.6. The van der Waals surface area contributed by atoms with Gasteiger partial charge >= 0.3 is 17.9 Å². The van der Waals surface area contributed by atoms with Gasteiger partial charge in [-0.1, -0.05) is 71.5 Å². The molecule has 15 heteroatoms. The lowest BCUT2D eigenvalue weighted by atomic mass is 9.94. The summed E-state index contributed by atoms with van der Waals surface area (Å²) in [6.45, 7) is 19.8. The van der Waals surface area contributed by atoms with E-state index in [-0.39, 0.29) is 55.1 Å². The molecule has 0 saturated carbocycles. The van der Waals surface area contributed by atoms with E-state index in [9.17, 15) is 28.8 Å². The number of carbonyl (C=O) groups excluding carboxylic acids is 3. The maximum atomic E-state index is 13.6. The summed E-state index contributed by atoms with van der Waals surface area (Å²) in [7, 11) is 2.68. The van der Waals surface area contributed by atoms with E-state index in [4.69, 9.17) is 15.6 Å². The van der Waals surface area contributed by atoms with Gasteiger partial charge in [-0.05, 0) is 146 Å². The van der Waals surface area contributed by atoms with Crippen molar-refractivity contribution in [1.29, 1.82) is 0 Å². The minimum Gasteiger partial charge on any atom is -0.480 e. The van der Waals surface area contributed by atoms with Gasteiger partial charge in [0.15, 0.2) is 0 Å². The van der Waals surface area contributed by atoms with Gasteiger partial charge in [-0.3, -0.25) is 33.9 Å². The van der Waals surface area contributed by atoms with Crippen LogP contribution in [0, 0.1) is 53.4 Å². The zero-order valence-electron chi connectivity index (χ0n) is 44.3. The second-order valence-electron chi connectivity index (χ2n) is 19.3. The standard InChI is InChI=1S/C29H35N3O4.C17H20N2O2.C12H17NO3.CH4/c1-18(2)12-25(32-11-10-19(3)13-26(32)33)29(35)31-24(15-27(34)36-6)22-14-23(17-30-16-22)28-20(4)8-7-9-21(28)5;1-11-5-4-6-12(2)17(11)14-7-13(9-19-10-14)15(18)8-16(20)21-3;1-8(2)6-10(12(15)16)13-5-4-9(3)7-11(13)14;/h7-11,13-14,16-18,24-25H,12,15H2,1-6H3,(H,31,35);4-7,9-10,15H,8,18H2,1-3H3;4-5,7-8,10H,6H2,1-3H3,(H,15,16);1H4/t24-,25?;15-;10-;/m000./s1. The summed E-state index contributed by atoms with van der Waals surface area (Å²) >= 11 is 0. The number of nitrogens with one attached hydrogen (secondary N) is 1. The molecule has 2 aromatic carbocycles. The van der Waals surface area contributed by atoms with Crippen molar-refractivity contribution < 1.29 is 33.8 Å². The predicted molar refractivity (Wildman–Crippen MR) is 292 cm³/mol. The van der Waals surface area contributed by atoms with Crippen LogP contribution in [0.1, 0.15) is 129 Å². The number of aromatic nitrogens is 4. The van der Waals surface area contributed by atoms with Crippen LogP contribution in [-0.2, 0) is 28.7 Å². The van der Waals surface area contributed by atoms with Crippen LogP contribution in [0.15, 0.2) is 120 Å². The molecule has 396 valence electrons. The number of carbonyl (C=O) groups is 4. The summed E-state index contributed by atoms with van der Waals surface area (Å²) < 4.78 is 12.3. The van der Waals surface area contributed by atoms with Crippen molar-refractivity contribution in [3.63, 3.8) is 0 Å². The van der Waals surface area contributed by atoms with E-state index < -0.39 is 36.1 Å². The summed E-state index contributed by atoms with van der Waals surface area (Å²) in [5, 5.41) is 12.1. The van der Waals surface area contributed by atoms with E-state index in [2.05, 4.69) is 46.0 Å². The highest BCUT2D eigenvalue weighted by Crippen LogP contribution is 2.31. The average molecular weight is 1010 g/mol. The Bertz CT molecular complexity index is 2940. The van der Waals surface area contributed by atoms with E-state index in [0.717, 1.165) is 50.1 Å². The fourth-order valence-electron chi connectivity index (χ4n) is 8.54. The molecule has 0 aliphatic carbocycles. The number of amides is 1. The third-order valence-electron chi connectivity index (χ3n) is 12.3. The molecule has 4 heterocycles. The summed E-state index contributed by atoms with van der Waals surface area (Å²) in [4.78, 5) is 81.4. The number of benzene rings is 2. The van der Waals surface area contributed by atoms with Gasteiger partial charge in [0, 0.05) is 66.5 Å². The first-order valence-electron chi connectivity index (χ1n) is 24.4. The number of carboxylic acids is 1. The molecule has 1 unspecified atom stereocenters. The van der Waals surface area contributed by atoms with Gasteiger partial charge in [0.25, 0.3) is 11.1 Å². The first kappa shape index (κ1) is 60.8. The second kappa shape index (κ2) is 28.7. The van der Waals surface area contributed by atoms with Gasteiger partial charge in [0.05, 0.1) is 33.1 Å². The topological polar surface area (TPSA) is 215 Å². The number of pyridine rings is 4. The van der Waals surface area contributed by atoms with Crippen LogP contribution in [0.2, 0.25) is 0 Å². The van der Waals surface area contributed by atoms with Gasteiger partial charge in [0.2, 0.25) is 5.91 Å². The highest BCUT2D eigenvalue weighted by Gasteiger charge is 2.28. The molecule has 0 fully saturated rings. The average Bonchev–Trinajstić information content (AvgIpc) is 3.33. The Balaban J connectivity index is 0.000000321. The molecule has 15 nitrogen and oxygen atoms in total. The van der Waals surface area contributed by atoms with Crippen LogP contribution in [0.25, 0.3) is 22.3 Å². The Labute approximate surface area is 436 Å². The smallest absolute Gasteiger partial charge is 0.326 e. The van der Waals surface area contributed by atoms with E-state index in [1.54, 1.807) is 37.1 Å². The number of methoxy groups -OCH3 is 2. The van der Waals surface area contributed by atoms with Gasteiger partial charge in [0.1, 0.15) is 12.1 Å². The number of carboxylic acid groups (broad SMARTS) is 1. The Morgan fingerprint density at radius 3 is 1.43 bits per heavy atom. The Morgan fingerprint density at radius 1 is 0.608 bits per heavy atom. The molecule has 0 bridgehead atoms. The van der Waals surface area contributed by atoms with Crippen molar-refractivity contribution in [3.8, 4) is 22.3 Å². The van der Waals surface area contributed by atoms with Crippen LogP contribution < -0.4 is 22.2 Å². The van der Waals surface area contributed by atoms with Crippen molar-refractivity contribution >= 4 is 23.8 Å². The zero-order chi connectivity index (χ0) is 54.1. The molecule has 4 atom stereocenters. The minimum absolute atomic E-state index is 0. The Morgan fingerprint density at radius 2 is 1.01 bits per heavy atom. The van der Waals surface area contributed by atoms with Crippen molar-refractivity contribution in [2.45, 2.75) is 127 Å². The molecule has 1 amide bonds. The number of nitrogens with two attached hydrogens (primary N) is 1. The first-order chi connectivity index (χ1) is 34.5. The van der Waals surface area contributed by atoms with Crippen molar-refractivity contribution in [1.82, 2.24) is 24.4 Å². The lowest BCUT2D eigenvalue weighted by Crippen LogP contribution is -2.40. The molecule has 0 aliphatic rings. The number of rotatable bonds is 17. The van der Waals surface area contributed by atoms with Gasteiger partial charge in [-0.2, -0.15) is 0 Å². The normalized spacial score (nSPS) is 12.4. The molecule has 4 N–H and O–H groups in total. The maximum Gasteiger partial charge on any atom is 0.326 e. The summed E-state index contributed by atoms with van der Waals surface area (Å²) in [6.07, 6.45) is 11.2. The summed E-state index contributed by atoms with van der Waals surface area (Å²) in [5.41, 5.74) is 17.5. The molecule has 4 aromatic heterocycles. The van der Waals surface area contributed by atoms with E-state index in [1.165, 1.54) is 46.6 Å². The van der Waals surface area contributed by atoms with E-state index >= 15 is 0 Å². The van der Waals surface area contributed by atoms with Gasteiger partial charge in [-0.25, -0.2) is 4.79 Å². The highest BCUT2D eigenvalue weighted by molar-refractivity contribution is 5.82. The number of aryl methyl sites for hydroxylation is 6. The first-order valence-corrected chi connectivity index (χ1v) is 24.4. The molecular weight excluding hydrogens is 937 g/mol. The number of nitrogens with zero attached hydrogens (tertiary/aromatic N) is 4. The van der Waals surface area contributed by atoms with Crippen LogP contribution >= 0.6 is 0 Å². The fourth-order valence-corrected chi connectivity index (χ4v) is 8.54. The molecular formula is C59H76N6O9. The molecule has 6 rings (SSSR count). The van der Waals surface area contributed by atoms with Crippen molar-refractivity contribution in [3.05, 3.63) is 175 Å². The number of hydrogen-bond donors (Lipinski definition) is 3. The zero-order valence-corrected chi connectivity index (χ0v) is 44.3. The van der Waals surface area contributed by atoms with Crippen LogP contribution in [0.4, 0.5) is 0 Å². The van der Waals surface area contributed by atoms with Crippen LogP contribution in [0.3, 0.4) is 0 Å². The molecule has 0 radical (unpaired) electrons. The molecule has 0 aliphatic heterocycles. The predicted octanol–water partition coefficient (Wildman–Crippen LogP) is 10.2. The number of esters is 2. The number of ether oxygens (including phenoxy) is 2. The summed E-state index contributed by atoms with van der Waals surface area (Å²) in [6, 6.07) is 20.2. The van der Waals surface area contributed by atoms with E-state index in [1.807, 2.05) is 104 Å². The lowest BCUT2D eigenvalue weighted by molar-refractivity contribution is -0.142. The molecule has 6 aromatic rings. The van der Waals surface area contributed by atoms with Gasteiger partial charge < -0.3 is 34.8 Å². The molecule has 0 saturated heterocycles. The molecule has 74 heavy (non-hydrogen) atoms. The Kier molecular flexibility index (Phi) is 23.5. The van der Waals surface area contributed by atoms with Crippen molar-refractivity contribution in [2.75, 3.05) is 14.2 Å². The largest absolute Gasteiger partial charge is 0.480 e.